The van der Waals surface area contributed by atoms with Gasteiger partial charge in [-0.3, -0.25) is 14.4 Å². The van der Waals surface area contributed by atoms with Crippen molar-refractivity contribution in [3.05, 3.63) is 78.0 Å². The first kappa shape index (κ1) is 33.0. The second-order valence-corrected chi connectivity index (χ2v) is 15.9. The molecule has 1 aliphatic heterocycles. The number of halogens is 3. The van der Waals surface area contributed by atoms with Gasteiger partial charge < -0.3 is 15.0 Å². The summed E-state index contributed by atoms with van der Waals surface area (Å²) in [6.45, 7) is 13.2. The first-order valence-corrected chi connectivity index (χ1v) is 17.0. The normalized spacial score (nSPS) is 19.6. The van der Waals surface area contributed by atoms with Crippen molar-refractivity contribution in [1.29, 1.82) is 0 Å². The van der Waals surface area contributed by atoms with Crippen LogP contribution in [0.1, 0.15) is 83.8 Å². The highest BCUT2D eigenvalue weighted by Gasteiger charge is 2.49. The van der Waals surface area contributed by atoms with Crippen LogP contribution < -0.4 is 10.1 Å². The zero-order chi connectivity index (χ0) is 32.1. The van der Waals surface area contributed by atoms with Gasteiger partial charge in [0.1, 0.15) is 5.75 Å². The quantitative estimate of drug-likeness (QED) is 0.306. The number of ether oxygens (including phenoxy) is 1. The maximum Gasteiger partial charge on any atom is 0.262 e. The van der Waals surface area contributed by atoms with Crippen molar-refractivity contribution >= 4 is 66.6 Å². The van der Waals surface area contributed by atoms with Crippen molar-refractivity contribution in [2.24, 2.45) is 10.8 Å². The number of nitrogens with zero attached hydrogens (tertiary/aromatic N) is 1. The van der Waals surface area contributed by atoms with Gasteiger partial charge in [-0.2, -0.15) is 0 Å². The molecular weight excluding hydrogens is 708 g/mol. The molecule has 0 aromatic heterocycles. The second-order valence-electron chi connectivity index (χ2n) is 13.8. The summed E-state index contributed by atoms with van der Waals surface area (Å²) in [5, 5.41) is 3.38. The van der Waals surface area contributed by atoms with Gasteiger partial charge in [-0.05, 0) is 104 Å². The number of anilines is 1. The van der Waals surface area contributed by atoms with E-state index < -0.39 is 5.92 Å². The summed E-state index contributed by atoms with van der Waals surface area (Å²) in [5.74, 6) is -0.119. The molecule has 3 aliphatic rings. The Morgan fingerprint density at radius 1 is 0.955 bits per heavy atom. The first-order valence-electron chi connectivity index (χ1n) is 15.1. The SMILES string of the molecule is CCCN1C2=C(C(=O)CC(C)(C)C2)C(c2cc(Br)c(OCC(=O)Nc3ccc(C)c(Cl)c3)c(Br)c2)C2=C1CC(C)(C)CC2=O. The van der Waals surface area contributed by atoms with Crippen LogP contribution in [0.5, 0.6) is 5.75 Å². The van der Waals surface area contributed by atoms with E-state index in [1.165, 1.54) is 0 Å². The van der Waals surface area contributed by atoms with E-state index in [1.807, 2.05) is 25.1 Å². The Balaban J connectivity index is 1.52. The molecule has 2 aliphatic carbocycles. The molecule has 0 unspecified atom stereocenters. The number of allylic oxidation sites excluding steroid dienone is 4. The molecule has 2 aromatic rings. The summed E-state index contributed by atoms with van der Waals surface area (Å²) in [4.78, 5) is 42.9. The van der Waals surface area contributed by atoms with Gasteiger partial charge >= 0.3 is 0 Å². The van der Waals surface area contributed by atoms with Crippen molar-refractivity contribution in [3.8, 4) is 5.75 Å². The third-order valence-corrected chi connectivity index (χ3v) is 10.2. The number of hydrogen-bond donors (Lipinski definition) is 1. The summed E-state index contributed by atoms with van der Waals surface area (Å²) < 4.78 is 7.20. The smallest absolute Gasteiger partial charge is 0.262 e. The Labute approximate surface area is 281 Å². The maximum atomic E-state index is 14.0. The van der Waals surface area contributed by atoms with E-state index in [-0.39, 0.29) is 34.9 Å². The molecule has 0 radical (unpaired) electrons. The zero-order valence-corrected chi connectivity index (χ0v) is 30.1. The Morgan fingerprint density at radius 3 is 2.00 bits per heavy atom. The monoisotopic (exact) mass is 744 g/mol. The van der Waals surface area contributed by atoms with Crippen LogP contribution in [0, 0.1) is 17.8 Å². The van der Waals surface area contributed by atoms with E-state index in [0.29, 0.717) is 38.2 Å². The Morgan fingerprint density at radius 2 is 1.50 bits per heavy atom. The van der Waals surface area contributed by atoms with E-state index in [0.717, 1.165) is 59.5 Å². The highest BCUT2D eigenvalue weighted by molar-refractivity contribution is 9.11. The van der Waals surface area contributed by atoms with Crippen LogP contribution in [0.2, 0.25) is 5.02 Å². The highest BCUT2D eigenvalue weighted by atomic mass is 79.9. The molecule has 234 valence electrons. The number of carbonyl (C=O) groups is 3. The minimum atomic E-state index is -0.462. The number of nitrogens with one attached hydrogen (secondary N) is 1. The van der Waals surface area contributed by atoms with Crippen LogP contribution in [-0.4, -0.2) is 35.5 Å². The number of hydrogen-bond acceptors (Lipinski definition) is 5. The lowest BCUT2D eigenvalue weighted by Gasteiger charge is -2.49. The number of carbonyl (C=O) groups excluding carboxylic acids is 3. The van der Waals surface area contributed by atoms with E-state index in [1.54, 1.807) is 12.1 Å². The van der Waals surface area contributed by atoms with Gasteiger partial charge in [0.15, 0.2) is 18.2 Å². The third-order valence-electron chi connectivity index (χ3n) is 8.63. The minimum absolute atomic E-state index is 0.104. The van der Waals surface area contributed by atoms with Crippen molar-refractivity contribution in [3.63, 3.8) is 0 Å². The lowest BCUT2D eigenvalue weighted by molar-refractivity contribution is -0.120. The zero-order valence-electron chi connectivity index (χ0n) is 26.1. The molecule has 9 heteroatoms. The number of rotatable bonds is 7. The standard InChI is InChI=1S/C35H39Br2ClN2O4/c1-7-10-40-25-14-34(3,4)16-27(41)31(25)30(32-26(40)15-35(5,6)17-28(32)42)20-11-22(36)33(23(37)12-20)44-18-29(43)39-21-9-8-19(2)24(38)13-21/h8-9,11-13,30H,7,10,14-18H2,1-6H3,(H,39,43). The number of benzene rings is 2. The van der Waals surface area contributed by atoms with Crippen LogP contribution in [0.25, 0.3) is 0 Å². The third kappa shape index (κ3) is 6.59. The lowest BCUT2D eigenvalue weighted by atomic mass is 9.63. The summed E-state index contributed by atoms with van der Waals surface area (Å²) >= 11 is 13.5. The Kier molecular flexibility index (Phi) is 9.29. The summed E-state index contributed by atoms with van der Waals surface area (Å²) in [6.07, 6.45) is 3.35. The van der Waals surface area contributed by atoms with Crippen molar-refractivity contribution in [1.82, 2.24) is 4.90 Å². The van der Waals surface area contributed by atoms with Gasteiger partial charge in [0.05, 0.1) is 8.95 Å². The minimum Gasteiger partial charge on any atom is -0.481 e. The van der Waals surface area contributed by atoms with Crippen LogP contribution in [-0.2, 0) is 14.4 Å². The van der Waals surface area contributed by atoms with Crippen molar-refractivity contribution in [2.75, 3.05) is 18.5 Å². The van der Waals surface area contributed by atoms with E-state index in [9.17, 15) is 14.4 Å². The van der Waals surface area contributed by atoms with Crippen LogP contribution in [0.3, 0.4) is 0 Å². The fourth-order valence-electron chi connectivity index (χ4n) is 6.76. The van der Waals surface area contributed by atoms with E-state index in [4.69, 9.17) is 16.3 Å². The molecule has 1 amide bonds. The second kappa shape index (κ2) is 12.4. The van der Waals surface area contributed by atoms with Gasteiger partial charge in [-0.15, -0.1) is 0 Å². The van der Waals surface area contributed by atoms with Crippen LogP contribution >= 0.6 is 43.5 Å². The number of aryl methyl sites for hydroxylation is 1. The molecule has 0 spiro atoms. The van der Waals surface area contributed by atoms with Gasteiger partial charge in [-0.25, -0.2) is 0 Å². The van der Waals surface area contributed by atoms with Gasteiger partial charge in [-0.1, -0.05) is 52.3 Å². The average molecular weight is 747 g/mol. The van der Waals surface area contributed by atoms with E-state index in [2.05, 4.69) is 76.7 Å². The molecule has 1 N–H and O–H groups in total. The largest absolute Gasteiger partial charge is 0.481 e. The Bertz CT molecular complexity index is 1550. The summed E-state index contributed by atoms with van der Waals surface area (Å²) in [5.41, 5.74) is 5.63. The van der Waals surface area contributed by atoms with Crippen molar-refractivity contribution in [2.45, 2.75) is 79.6 Å². The molecule has 6 nitrogen and oxygen atoms in total. The maximum absolute atomic E-state index is 14.0. The molecule has 1 heterocycles. The van der Waals surface area contributed by atoms with Crippen molar-refractivity contribution < 1.29 is 19.1 Å². The number of amides is 1. The van der Waals surface area contributed by atoms with Gasteiger partial charge in [0.2, 0.25) is 0 Å². The summed E-state index contributed by atoms with van der Waals surface area (Å²) in [6, 6.07) is 9.18. The van der Waals surface area contributed by atoms with E-state index >= 15 is 0 Å². The Hall–Kier alpha value is -2.42. The average Bonchev–Trinajstić information content (AvgIpc) is 2.89. The molecule has 2 aromatic carbocycles. The molecule has 5 rings (SSSR count). The topological polar surface area (TPSA) is 75.7 Å². The van der Waals surface area contributed by atoms with Gasteiger partial charge in [0.25, 0.3) is 5.91 Å². The number of ketones is 2. The fourth-order valence-corrected chi connectivity index (χ4v) is 8.40. The van der Waals surface area contributed by atoms with Crippen LogP contribution in [0.15, 0.2) is 61.8 Å². The molecule has 0 saturated carbocycles. The predicted molar refractivity (Wildman–Crippen MR) is 182 cm³/mol. The fraction of sp³-hybridized carbons (Fsp3) is 0.457. The molecule has 0 bridgehead atoms. The molecular formula is C35H39Br2ClN2O4. The predicted octanol–water partition coefficient (Wildman–Crippen LogP) is 9.29. The molecule has 0 atom stereocenters. The lowest BCUT2D eigenvalue weighted by Crippen LogP contribution is -2.44. The molecule has 0 saturated heterocycles. The number of Topliss-reactive ketones (excluding diaryl/α,β-unsaturated/α-hetero) is 2. The first-order chi connectivity index (χ1) is 20.6. The molecule has 44 heavy (non-hydrogen) atoms. The highest BCUT2D eigenvalue weighted by Crippen LogP contribution is 2.55. The molecule has 0 fully saturated rings. The van der Waals surface area contributed by atoms with Gasteiger partial charge in [0, 0.05) is 58.6 Å². The summed E-state index contributed by atoms with van der Waals surface area (Å²) in [7, 11) is 0. The van der Waals surface area contributed by atoms with Crippen LogP contribution in [0.4, 0.5) is 5.69 Å².